The summed E-state index contributed by atoms with van der Waals surface area (Å²) in [7, 11) is 1.58. The predicted molar refractivity (Wildman–Crippen MR) is 82.0 cm³/mol. The number of hydrogen-bond donors (Lipinski definition) is 0. The number of methoxy groups -OCH3 is 1. The third-order valence-electron chi connectivity index (χ3n) is 3.25. The van der Waals surface area contributed by atoms with Crippen molar-refractivity contribution in [1.29, 1.82) is 0 Å². The molecule has 0 saturated heterocycles. The molecule has 0 aliphatic rings. The number of rotatable bonds is 4. The van der Waals surface area contributed by atoms with Crippen LogP contribution in [0.15, 0.2) is 36.4 Å². The minimum absolute atomic E-state index is 0.0208. The van der Waals surface area contributed by atoms with Crippen LogP contribution in [0, 0.1) is 13.8 Å². The van der Waals surface area contributed by atoms with Crippen molar-refractivity contribution < 1.29 is 9.53 Å². The second kappa shape index (κ2) is 6.10. The Hall–Kier alpha value is -1.80. The monoisotopic (exact) mass is 288 g/mol. The van der Waals surface area contributed by atoms with E-state index >= 15 is 0 Å². The number of carbonyl (C=O) groups is 1. The topological polar surface area (TPSA) is 26.3 Å². The number of ether oxygens (including phenoxy) is 1. The van der Waals surface area contributed by atoms with Gasteiger partial charge < -0.3 is 4.74 Å². The maximum atomic E-state index is 12.5. The molecule has 0 aliphatic carbocycles. The van der Waals surface area contributed by atoms with Crippen LogP contribution in [0.5, 0.6) is 5.75 Å². The fourth-order valence-corrected chi connectivity index (χ4v) is 2.55. The summed E-state index contributed by atoms with van der Waals surface area (Å²) in [6, 6.07) is 11.3. The van der Waals surface area contributed by atoms with Gasteiger partial charge in [-0.25, -0.2) is 0 Å². The van der Waals surface area contributed by atoms with E-state index in [0.29, 0.717) is 16.3 Å². The summed E-state index contributed by atoms with van der Waals surface area (Å²) in [5.41, 5.74) is 3.48. The highest BCUT2D eigenvalue weighted by molar-refractivity contribution is 6.31. The lowest BCUT2D eigenvalue weighted by Gasteiger charge is -2.12. The molecule has 0 heterocycles. The van der Waals surface area contributed by atoms with E-state index in [0.717, 1.165) is 16.7 Å². The third-order valence-corrected chi connectivity index (χ3v) is 3.62. The Morgan fingerprint density at radius 2 is 1.90 bits per heavy atom. The van der Waals surface area contributed by atoms with Crippen molar-refractivity contribution in [2.45, 2.75) is 20.3 Å². The molecule has 0 unspecified atom stereocenters. The van der Waals surface area contributed by atoms with E-state index in [4.69, 9.17) is 16.3 Å². The van der Waals surface area contributed by atoms with Gasteiger partial charge in [0.05, 0.1) is 12.7 Å². The molecule has 104 valence electrons. The summed E-state index contributed by atoms with van der Waals surface area (Å²) < 4.78 is 5.34. The zero-order valence-electron chi connectivity index (χ0n) is 11.9. The molecule has 0 bridgehead atoms. The van der Waals surface area contributed by atoms with Gasteiger partial charge >= 0.3 is 0 Å². The molecule has 2 nitrogen and oxygen atoms in total. The van der Waals surface area contributed by atoms with Crippen molar-refractivity contribution in [3.05, 3.63) is 63.7 Å². The van der Waals surface area contributed by atoms with E-state index in [1.165, 1.54) is 0 Å². The summed E-state index contributed by atoms with van der Waals surface area (Å²) in [5.74, 6) is 0.645. The highest BCUT2D eigenvalue weighted by Crippen LogP contribution is 2.27. The van der Waals surface area contributed by atoms with E-state index in [1.807, 2.05) is 44.2 Å². The van der Waals surface area contributed by atoms with Gasteiger partial charge in [-0.05, 0) is 42.7 Å². The van der Waals surface area contributed by atoms with E-state index in [9.17, 15) is 4.79 Å². The van der Waals surface area contributed by atoms with Gasteiger partial charge in [0.1, 0.15) is 5.75 Å². The van der Waals surface area contributed by atoms with Gasteiger partial charge in [-0.2, -0.15) is 0 Å². The molecule has 0 saturated carbocycles. The van der Waals surface area contributed by atoms with Crippen molar-refractivity contribution in [2.75, 3.05) is 7.11 Å². The molecule has 0 N–H and O–H groups in total. The first kappa shape index (κ1) is 14.6. The first-order chi connectivity index (χ1) is 9.52. The molecular formula is C17H17ClO2. The molecule has 2 rings (SSSR count). The van der Waals surface area contributed by atoms with Crippen LogP contribution in [-0.4, -0.2) is 12.9 Å². The average Bonchev–Trinajstić information content (AvgIpc) is 2.40. The first-order valence-corrected chi connectivity index (χ1v) is 6.82. The Morgan fingerprint density at radius 1 is 1.20 bits per heavy atom. The molecule has 0 amide bonds. The minimum Gasteiger partial charge on any atom is -0.496 e. The molecule has 0 aliphatic heterocycles. The number of hydrogen-bond acceptors (Lipinski definition) is 2. The summed E-state index contributed by atoms with van der Waals surface area (Å²) in [6.45, 7) is 3.91. The highest BCUT2D eigenvalue weighted by atomic mass is 35.5. The lowest BCUT2D eigenvalue weighted by Crippen LogP contribution is -2.08. The standard InChI is InChI=1S/C17H17ClO2/c1-11-8-12(2)17(16(9-11)20-3)15(19)10-13-6-4-5-7-14(13)18/h4-9H,10H2,1-3H3. The minimum atomic E-state index is 0.0208. The van der Waals surface area contributed by atoms with E-state index in [-0.39, 0.29) is 12.2 Å². The van der Waals surface area contributed by atoms with Crippen LogP contribution < -0.4 is 4.74 Å². The highest BCUT2D eigenvalue weighted by Gasteiger charge is 2.17. The van der Waals surface area contributed by atoms with Crippen LogP contribution in [0.3, 0.4) is 0 Å². The Morgan fingerprint density at radius 3 is 2.55 bits per heavy atom. The van der Waals surface area contributed by atoms with Gasteiger partial charge in [-0.1, -0.05) is 35.9 Å². The van der Waals surface area contributed by atoms with Crippen LogP contribution in [0.2, 0.25) is 5.02 Å². The second-order valence-corrected chi connectivity index (χ2v) is 5.26. The molecule has 2 aromatic rings. The van der Waals surface area contributed by atoms with Crippen molar-refractivity contribution in [1.82, 2.24) is 0 Å². The Balaban J connectivity index is 2.37. The predicted octanol–water partition coefficient (Wildman–Crippen LogP) is 4.39. The molecule has 3 heteroatoms. The summed E-state index contributed by atoms with van der Waals surface area (Å²) >= 11 is 6.11. The van der Waals surface area contributed by atoms with Gasteiger partial charge in [0.15, 0.2) is 5.78 Å². The van der Waals surface area contributed by atoms with Gasteiger partial charge in [-0.15, -0.1) is 0 Å². The summed E-state index contributed by atoms with van der Waals surface area (Å²) in [6.07, 6.45) is 0.278. The normalized spacial score (nSPS) is 10.4. The van der Waals surface area contributed by atoms with E-state index in [1.54, 1.807) is 13.2 Å². The lowest BCUT2D eigenvalue weighted by atomic mass is 9.96. The quantitative estimate of drug-likeness (QED) is 0.780. The largest absolute Gasteiger partial charge is 0.496 e. The smallest absolute Gasteiger partial charge is 0.171 e. The maximum absolute atomic E-state index is 12.5. The molecular weight excluding hydrogens is 272 g/mol. The molecule has 20 heavy (non-hydrogen) atoms. The Kier molecular flexibility index (Phi) is 4.46. The van der Waals surface area contributed by atoms with Crippen LogP contribution in [0.4, 0.5) is 0 Å². The Bertz CT molecular complexity index is 647. The third kappa shape index (κ3) is 3.02. The number of ketones is 1. The zero-order chi connectivity index (χ0) is 14.7. The number of benzene rings is 2. The Labute approximate surface area is 124 Å². The molecule has 0 atom stereocenters. The fraction of sp³-hybridized carbons (Fsp3) is 0.235. The summed E-state index contributed by atoms with van der Waals surface area (Å²) in [5, 5.41) is 0.615. The van der Waals surface area contributed by atoms with Crippen molar-refractivity contribution in [3.63, 3.8) is 0 Å². The van der Waals surface area contributed by atoms with Crippen molar-refractivity contribution >= 4 is 17.4 Å². The van der Waals surface area contributed by atoms with Crippen LogP contribution in [0.1, 0.15) is 27.0 Å². The maximum Gasteiger partial charge on any atom is 0.171 e. The average molecular weight is 289 g/mol. The fourth-order valence-electron chi connectivity index (χ4n) is 2.35. The van der Waals surface area contributed by atoms with Gasteiger partial charge in [-0.3, -0.25) is 4.79 Å². The second-order valence-electron chi connectivity index (χ2n) is 4.85. The van der Waals surface area contributed by atoms with Gasteiger partial charge in [0.25, 0.3) is 0 Å². The lowest BCUT2D eigenvalue weighted by molar-refractivity contribution is 0.0989. The number of aryl methyl sites for hydroxylation is 2. The zero-order valence-corrected chi connectivity index (χ0v) is 12.6. The van der Waals surface area contributed by atoms with Crippen molar-refractivity contribution in [2.24, 2.45) is 0 Å². The van der Waals surface area contributed by atoms with Gasteiger partial charge in [0, 0.05) is 11.4 Å². The van der Waals surface area contributed by atoms with E-state index < -0.39 is 0 Å². The number of carbonyl (C=O) groups excluding carboxylic acids is 1. The van der Waals surface area contributed by atoms with Crippen LogP contribution >= 0.6 is 11.6 Å². The molecule has 0 fully saturated rings. The number of Topliss-reactive ketones (excluding diaryl/α,β-unsaturated/α-hetero) is 1. The molecule has 2 aromatic carbocycles. The molecule has 0 spiro atoms. The van der Waals surface area contributed by atoms with Gasteiger partial charge in [0.2, 0.25) is 0 Å². The SMILES string of the molecule is COc1cc(C)cc(C)c1C(=O)Cc1ccccc1Cl. The number of halogens is 1. The summed E-state index contributed by atoms with van der Waals surface area (Å²) in [4.78, 5) is 12.5. The molecule has 0 aromatic heterocycles. The first-order valence-electron chi connectivity index (χ1n) is 6.44. The van der Waals surface area contributed by atoms with Crippen LogP contribution in [-0.2, 0) is 6.42 Å². The van der Waals surface area contributed by atoms with Crippen molar-refractivity contribution in [3.8, 4) is 5.75 Å². The molecule has 0 radical (unpaired) electrons. The van der Waals surface area contributed by atoms with Crippen LogP contribution in [0.25, 0.3) is 0 Å². The van der Waals surface area contributed by atoms with E-state index in [2.05, 4.69) is 0 Å².